The maximum absolute atomic E-state index is 12.1. The molecule has 0 radical (unpaired) electrons. The molecule has 0 bridgehead atoms. The lowest BCUT2D eigenvalue weighted by molar-refractivity contribution is 0.0953. The first kappa shape index (κ1) is 23.1. The van der Waals surface area contributed by atoms with Crippen molar-refractivity contribution in [1.29, 1.82) is 0 Å². The van der Waals surface area contributed by atoms with Gasteiger partial charge >= 0.3 is 0 Å². The normalized spacial score (nSPS) is 11.3. The smallest absolute Gasteiger partial charge is 0.251 e. The lowest BCUT2D eigenvalue weighted by Crippen LogP contribution is -2.36. The number of benzene rings is 2. The van der Waals surface area contributed by atoms with E-state index in [1.165, 1.54) is 5.56 Å². The summed E-state index contributed by atoms with van der Waals surface area (Å²) in [4.78, 5) is 20.9. The van der Waals surface area contributed by atoms with Gasteiger partial charge in [0.05, 0.1) is 12.2 Å². The molecule has 3 rings (SSSR count). The van der Waals surface area contributed by atoms with Crippen LogP contribution in [-0.2, 0) is 13.1 Å². The summed E-state index contributed by atoms with van der Waals surface area (Å²) in [6.45, 7) is 5.94. The maximum atomic E-state index is 12.1. The van der Waals surface area contributed by atoms with Crippen molar-refractivity contribution in [2.75, 3.05) is 13.6 Å². The van der Waals surface area contributed by atoms with E-state index in [-0.39, 0.29) is 5.91 Å². The molecule has 2 aromatic carbocycles. The van der Waals surface area contributed by atoms with Gasteiger partial charge in [-0.1, -0.05) is 43.2 Å². The second kappa shape index (κ2) is 11.7. The molecular weight excluding hydrogens is 402 g/mol. The molecule has 0 saturated carbocycles. The van der Waals surface area contributed by atoms with Crippen molar-refractivity contribution >= 4 is 11.9 Å². The molecule has 1 heterocycles. The minimum Gasteiger partial charge on any atom is -0.444 e. The van der Waals surface area contributed by atoms with Crippen molar-refractivity contribution in [1.82, 2.24) is 20.9 Å². The van der Waals surface area contributed by atoms with Crippen LogP contribution in [0.1, 0.15) is 46.9 Å². The summed E-state index contributed by atoms with van der Waals surface area (Å²) in [5, 5.41) is 9.44. The lowest BCUT2D eigenvalue weighted by atomic mass is 10.1. The van der Waals surface area contributed by atoms with Gasteiger partial charge in [0.15, 0.2) is 5.96 Å². The molecule has 7 nitrogen and oxygen atoms in total. The number of guanidine groups is 1. The molecule has 1 aromatic heterocycles. The number of oxazole rings is 1. The highest BCUT2D eigenvalue weighted by atomic mass is 16.3. The van der Waals surface area contributed by atoms with Gasteiger partial charge in [-0.15, -0.1) is 0 Å². The number of unbranched alkanes of at least 4 members (excludes halogenated alkanes) is 1. The van der Waals surface area contributed by atoms with Crippen LogP contribution >= 0.6 is 0 Å². The van der Waals surface area contributed by atoms with Gasteiger partial charge < -0.3 is 20.4 Å². The number of nitrogens with zero attached hydrogens (tertiary/aromatic N) is 2. The number of aromatic nitrogens is 1. The predicted molar refractivity (Wildman–Crippen MR) is 127 cm³/mol. The first-order chi connectivity index (χ1) is 15.6. The number of aryl methyl sites for hydroxylation is 1. The van der Waals surface area contributed by atoms with Crippen molar-refractivity contribution < 1.29 is 9.21 Å². The molecule has 0 saturated heterocycles. The summed E-state index contributed by atoms with van der Waals surface area (Å²) in [6.07, 6.45) is 3.70. The number of rotatable bonds is 9. The highest BCUT2D eigenvalue weighted by Gasteiger charge is 2.08. The lowest BCUT2D eigenvalue weighted by Gasteiger charge is -2.11. The third-order valence-corrected chi connectivity index (χ3v) is 5.00. The SMILES string of the molecule is CCCCNC(=O)c1ccc(CNC(=NC)NCc2coc(-c3ccc(C)cc3)n2)cc1. The molecule has 0 unspecified atom stereocenters. The molecule has 168 valence electrons. The van der Waals surface area contributed by atoms with Crippen LogP contribution in [-0.4, -0.2) is 30.4 Å². The fourth-order valence-electron chi connectivity index (χ4n) is 3.05. The second-order valence-electron chi connectivity index (χ2n) is 7.60. The Morgan fingerprint density at radius 3 is 2.41 bits per heavy atom. The molecule has 0 spiro atoms. The minimum absolute atomic E-state index is 0.0342. The van der Waals surface area contributed by atoms with E-state index in [4.69, 9.17) is 4.42 Å². The molecule has 0 aliphatic carbocycles. The first-order valence-electron chi connectivity index (χ1n) is 10.9. The van der Waals surface area contributed by atoms with Crippen molar-refractivity contribution in [2.24, 2.45) is 4.99 Å². The predicted octanol–water partition coefficient (Wildman–Crippen LogP) is 4.05. The van der Waals surface area contributed by atoms with Gasteiger partial charge in [0.1, 0.15) is 6.26 Å². The van der Waals surface area contributed by atoms with Crippen molar-refractivity contribution in [2.45, 2.75) is 39.8 Å². The quantitative estimate of drug-likeness (QED) is 0.269. The third kappa shape index (κ3) is 6.70. The molecule has 0 aliphatic heterocycles. The zero-order chi connectivity index (χ0) is 22.8. The van der Waals surface area contributed by atoms with E-state index in [2.05, 4.69) is 32.9 Å². The Labute approximate surface area is 189 Å². The Balaban J connectivity index is 1.47. The number of carbonyl (C=O) groups is 1. The first-order valence-corrected chi connectivity index (χ1v) is 10.9. The Kier molecular flexibility index (Phi) is 8.43. The molecular formula is C25H31N5O2. The molecule has 0 atom stereocenters. The van der Waals surface area contributed by atoms with Crippen LogP contribution in [0.2, 0.25) is 0 Å². The van der Waals surface area contributed by atoms with Crippen molar-refractivity contribution in [3.05, 3.63) is 77.2 Å². The Bertz CT molecular complexity index is 1020. The monoisotopic (exact) mass is 433 g/mol. The van der Waals surface area contributed by atoms with E-state index >= 15 is 0 Å². The zero-order valence-corrected chi connectivity index (χ0v) is 18.9. The van der Waals surface area contributed by atoms with Gasteiger partial charge in [-0.3, -0.25) is 9.79 Å². The molecule has 3 aromatic rings. The van der Waals surface area contributed by atoms with E-state index in [0.29, 0.717) is 37.0 Å². The molecule has 0 fully saturated rings. The van der Waals surface area contributed by atoms with E-state index in [0.717, 1.165) is 29.7 Å². The van der Waals surface area contributed by atoms with Crippen LogP contribution in [0.15, 0.2) is 64.2 Å². The molecule has 7 heteroatoms. The van der Waals surface area contributed by atoms with Gasteiger partial charge in [-0.25, -0.2) is 4.98 Å². The zero-order valence-electron chi connectivity index (χ0n) is 18.9. The summed E-state index contributed by atoms with van der Waals surface area (Å²) in [5.41, 5.74) is 4.67. The van der Waals surface area contributed by atoms with Crippen LogP contribution in [0, 0.1) is 6.92 Å². The number of nitrogens with one attached hydrogen (secondary N) is 3. The fourth-order valence-corrected chi connectivity index (χ4v) is 3.05. The largest absolute Gasteiger partial charge is 0.444 e. The standard InChI is InChI=1S/C25H31N5O2/c1-4-5-14-27-23(31)20-12-8-19(9-13-20)15-28-25(26-3)29-16-22-17-32-24(30-22)21-10-6-18(2)7-11-21/h6-13,17H,4-5,14-16H2,1-3H3,(H,27,31)(H2,26,28,29). The van der Waals surface area contributed by atoms with Gasteiger partial charge in [0, 0.05) is 31.3 Å². The maximum Gasteiger partial charge on any atom is 0.251 e. The Morgan fingerprint density at radius 1 is 1.00 bits per heavy atom. The number of amides is 1. The summed E-state index contributed by atoms with van der Waals surface area (Å²) >= 11 is 0. The average Bonchev–Trinajstić information content (AvgIpc) is 3.29. The van der Waals surface area contributed by atoms with Gasteiger partial charge in [0.25, 0.3) is 5.91 Å². The molecule has 1 amide bonds. The number of carbonyl (C=O) groups excluding carboxylic acids is 1. The minimum atomic E-state index is -0.0342. The topological polar surface area (TPSA) is 91.5 Å². The van der Waals surface area contributed by atoms with Crippen LogP contribution in [0.3, 0.4) is 0 Å². The van der Waals surface area contributed by atoms with E-state index < -0.39 is 0 Å². The summed E-state index contributed by atoms with van der Waals surface area (Å²) in [7, 11) is 1.72. The Hall–Kier alpha value is -3.61. The fraction of sp³-hybridized carbons (Fsp3) is 0.320. The number of hydrogen-bond acceptors (Lipinski definition) is 4. The third-order valence-electron chi connectivity index (χ3n) is 5.00. The highest BCUT2D eigenvalue weighted by molar-refractivity contribution is 5.94. The van der Waals surface area contributed by atoms with Gasteiger partial charge in [0.2, 0.25) is 5.89 Å². The van der Waals surface area contributed by atoms with Crippen molar-refractivity contribution in [3.63, 3.8) is 0 Å². The molecule has 0 aliphatic rings. The molecule has 32 heavy (non-hydrogen) atoms. The van der Waals surface area contributed by atoms with Crippen LogP contribution in [0.4, 0.5) is 0 Å². The van der Waals surface area contributed by atoms with Crippen molar-refractivity contribution in [3.8, 4) is 11.5 Å². The number of hydrogen-bond donors (Lipinski definition) is 3. The molecule has 3 N–H and O–H groups in total. The van der Waals surface area contributed by atoms with Gasteiger partial charge in [-0.05, 0) is 43.2 Å². The van der Waals surface area contributed by atoms with E-state index in [1.54, 1.807) is 13.3 Å². The summed E-state index contributed by atoms with van der Waals surface area (Å²) in [6, 6.07) is 15.6. The van der Waals surface area contributed by atoms with Crippen LogP contribution in [0.25, 0.3) is 11.5 Å². The second-order valence-corrected chi connectivity index (χ2v) is 7.60. The van der Waals surface area contributed by atoms with Gasteiger partial charge in [-0.2, -0.15) is 0 Å². The summed E-state index contributed by atoms with van der Waals surface area (Å²) in [5.74, 6) is 1.22. The Morgan fingerprint density at radius 2 is 1.72 bits per heavy atom. The van der Waals surface area contributed by atoms with E-state index in [9.17, 15) is 4.79 Å². The average molecular weight is 434 g/mol. The van der Waals surface area contributed by atoms with Crippen LogP contribution < -0.4 is 16.0 Å². The van der Waals surface area contributed by atoms with Crippen LogP contribution in [0.5, 0.6) is 0 Å². The number of aliphatic imine (C=N–C) groups is 1. The summed E-state index contributed by atoms with van der Waals surface area (Å²) < 4.78 is 5.60. The highest BCUT2D eigenvalue weighted by Crippen LogP contribution is 2.19. The van der Waals surface area contributed by atoms with E-state index in [1.807, 2.05) is 55.5 Å².